The summed E-state index contributed by atoms with van der Waals surface area (Å²) in [5.74, 6) is 0. The summed E-state index contributed by atoms with van der Waals surface area (Å²) >= 11 is 3.59. The molecule has 0 aromatic carbocycles. The molecular formula is C5H8N2O2S. The normalized spacial score (nSPS) is 24.9. The Kier molecular flexibility index (Phi) is 2.26. The minimum atomic E-state index is -0.468. The van der Waals surface area contributed by atoms with Crippen molar-refractivity contribution < 1.29 is 4.79 Å². The van der Waals surface area contributed by atoms with Crippen LogP contribution in [-0.4, -0.2) is 22.8 Å². The maximum atomic E-state index is 10.6. The van der Waals surface area contributed by atoms with Crippen molar-refractivity contribution >= 4 is 17.9 Å². The van der Waals surface area contributed by atoms with Gasteiger partial charge in [-0.05, 0) is 18.0 Å². The van der Waals surface area contributed by atoms with Crippen LogP contribution in [0.1, 0.15) is 12.8 Å². The van der Waals surface area contributed by atoms with Crippen molar-refractivity contribution in [3.8, 4) is 0 Å². The van der Waals surface area contributed by atoms with Crippen molar-refractivity contribution in [1.82, 2.24) is 4.90 Å². The maximum Gasteiger partial charge on any atom is 0.280 e. The summed E-state index contributed by atoms with van der Waals surface area (Å²) in [6.07, 6.45) is 1.06. The van der Waals surface area contributed by atoms with Crippen molar-refractivity contribution in [2.24, 2.45) is 5.18 Å². The van der Waals surface area contributed by atoms with Crippen molar-refractivity contribution in [2.75, 3.05) is 6.54 Å². The number of likely N-dealkylation sites (tertiary alicyclic amines) is 1. The van der Waals surface area contributed by atoms with Crippen LogP contribution < -0.4 is 0 Å². The van der Waals surface area contributed by atoms with E-state index in [2.05, 4.69) is 17.8 Å². The number of hydrogen-bond acceptors (Lipinski definition) is 3. The molecule has 1 aliphatic rings. The van der Waals surface area contributed by atoms with E-state index < -0.39 is 6.17 Å². The average molecular weight is 160 g/mol. The topological polar surface area (TPSA) is 49.7 Å². The number of nitroso groups, excluding NO2 is 1. The Bertz CT molecular complexity index is 162. The molecule has 0 saturated carbocycles. The molecule has 0 N–H and O–H groups in total. The first-order valence-corrected chi connectivity index (χ1v) is 3.52. The first kappa shape index (κ1) is 7.53. The zero-order valence-electron chi connectivity index (χ0n) is 5.36. The molecule has 56 valence electrons. The molecule has 0 radical (unpaired) electrons. The minimum absolute atomic E-state index is 0.359. The molecular weight excluding hydrogens is 152 g/mol. The highest BCUT2D eigenvalue weighted by Crippen LogP contribution is 2.18. The maximum absolute atomic E-state index is 10.6. The fourth-order valence-electron chi connectivity index (χ4n) is 1.08. The molecule has 4 nitrogen and oxygen atoms in total. The molecule has 0 unspecified atom stereocenters. The first-order valence-electron chi connectivity index (χ1n) is 3.07. The monoisotopic (exact) mass is 160 g/mol. The summed E-state index contributed by atoms with van der Waals surface area (Å²) in [5.41, 5.74) is 0. The fourth-order valence-corrected chi connectivity index (χ4v) is 1.32. The van der Waals surface area contributed by atoms with Gasteiger partial charge in [-0.2, -0.15) is 0 Å². The SMILES string of the molecule is O=N[C@@H]1CCCN1C(=O)S. The predicted molar refractivity (Wildman–Crippen MR) is 39.9 cm³/mol. The molecule has 0 aromatic rings. The Hall–Kier alpha value is -0.580. The van der Waals surface area contributed by atoms with Crippen LogP contribution in [0, 0.1) is 4.91 Å². The standard InChI is InChI=1S/C5H8N2O2S/c8-5(10)7-3-1-2-4(7)6-9/h4H,1-3H2,(H,8,10)/t4-/m0/s1. The van der Waals surface area contributed by atoms with Crippen molar-refractivity contribution in [3.05, 3.63) is 4.91 Å². The Labute approximate surface area is 64.0 Å². The highest BCUT2D eigenvalue weighted by atomic mass is 32.1. The Balaban J connectivity index is 2.58. The van der Waals surface area contributed by atoms with E-state index in [1.165, 1.54) is 4.90 Å². The summed E-state index contributed by atoms with van der Waals surface area (Å²) < 4.78 is 0. The zero-order valence-corrected chi connectivity index (χ0v) is 6.25. The van der Waals surface area contributed by atoms with Crippen molar-refractivity contribution in [1.29, 1.82) is 0 Å². The number of rotatable bonds is 1. The van der Waals surface area contributed by atoms with E-state index in [4.69, 9.17) is 0 Å². The van der Waals surface area contributed by atoms with Gasteiger partial charge in [0.25, 0.3) is 5.24 Å². The molecule has 1 heterocycles. The largest absolute Gasteiger partial charge is 0.308 e. The molecule has 1 aliphatic heterocycles. The summed E-state index contributed by atoms with van der Waals surface area (Å²) in [7, 11) is 0. The highest BCUT2D eigenvalue weighted by Gasteiger charge is 2.27. The van der Waals surface area contributed by atoms with E-state index in [0.29, 0.717) is 13.0 Å². The lowest BCUT2D eigenvalue weighted by molar-refractivity contribution is 0.220. The smallest absolute Gasteiger partial charge is 0.280 e. The van der Waals surface area contributed by atoms with Gasteiger partial charge in [0.2, 0.25) is 0 Å². The number of carbonyl (C=O) groups excluding carboxylic acids is 1. The van der Waals surface area contributed by atoms with E-state index in [9.17, 15) is 9.70 Å². The van der Waals surface area contributed by atoms with E-state index in [1.54, 1.807) is 0 Å². The van der Waals surface area contributed by atoms with Crippen LogP contribution in [0.25, 0.3) is 0 Å². The summed E-state index contributed by atoms with van der Waals surface area (Å²) in [4.78, 5) is 22.0. The lowest BCUT2D eigenvalue weighted by Crippen LogP contribution is -2.29. The minimum Gasteiger partial charge on any atom is -0.308 e. The molecule has 0 spiro atoms. The third-order valence-corrected chi connectivity index (χ3v) is 1.85. The Morgan fingerprint density at radius 3 is 2.80 bits per heavy atom. The van der Waals surface area contributed by atoms with Crippen LogP contribution in [0.15, 0.2) is 5.18 Å². The van der Waals surface area contributed by atoms with Gasteiger partial charge in [-0.15, -0.1) is 4.91 Å². The number of carbonyl (C=O) groups is 1. The third kappa shape index (κ3) is 1.29. The van der Waals surface area contributed by atoms with Gasteiger partial charge in [-0.25, -0.2) is 0 Å². The second-order valence-electron chi connectivity index (χ2n) is 2.20. The van der Waals surface area contributed by atoms with Gasteiger partial charge in [0, 0.05) is 6.54 Å². The molecule has 1 fully saturated rings. The molecule has 10 heavy (non-hydrogen) atoms. The van der Waals surface area contributed by atoms with E-state index in [-0.39, 0.29) is 5.24 Å². The van der Waals surface area contributed by atoms with Gasteiger partial charge in [-0.3, -0.25) is 4.79 Å². The number of amides is 1. The van der Waals surface area contributed by atoms with E-state index in [0.717, 1.165) is 6.42 Å². The second kappa shape index (κ2) is 3.01. The Morgan fingerprint density at radius 1 is 1.70 bits per heavy atom. The number of hydrogen-bond donors (Lipinski definition) is 1. The summed E-state index contributed by atoms with van der Waals surface area (Å²) in [6.45, 7) is 0.610. The van der Waals surface area contributed by atoms with Crippen LogP contribution in [0.3, 0.4) is 0 Å². The van der Waals surface area contributed by atoms with Crippen molar-refractivity contribution in [3.63, 3.8) is 0 Å². The van der Waals surface area contributed by atoms with E-state index in [1.807, 2.05) is 0 Å². The van der Waals surface area contributed by atoms with Gasteiger partial charge < -0.3 is 4.90 Å². The van der Waals surface area contributed by atoms with Crippen LogP contribution in [0.5, 0.6) is 0 Å². The first-order chi connectivity index (χ1) is 4.75. The molecule has 0 bridgehead atoms. The zero-order chi connectivity index (χ0) is 7.56. The number of nitrogens with zero attached hydrogens (tertiary/aromatic N) is 2. The molecule has 1 saturated heterocycles. The van der Waals surface area contributed by atoms with Gasteiger partial charge >= 0.3 is 0 Å². The third-order valence-electron chi connectivity index (χ3n) is 1.59. The molecule has 1 rings (SSSR count). The number of thiol groups is 1. The van der Waals surface area contributed by atoms with Gasteiger partial charge in [0.05, 0.1) is 0 Å². The lowest BCUT2D eigenvalue weighted by Gasteiger charge is -2.14. The molecule has 1 atom stereocenters. The summed E-state index contributed by atoms with van der Waals surface area (Å²) in [5, 5.41) is 2.44. The van der Waals surface area contributed by atoms with Gasteiger partial charge in [-0.1, -0.05) is 12.6 Å². The molecule has 1 amide bonds. The quantitative estimate of drug-likeness (QED) is 0.463. The van der Waals surface area contributed by atoms with Gasteiger partial charge in [0.1, 0.15) is 0 Å². The highest BCUT2D eigenvalue weighted by molar-refractivity contribution is 7.96. The fraction of sp³-hybridized carbons (Fsp3) is 0.800. The van der Waals surface area contributed by atoms with Crippen LogP contribution in [-0.2, 0) is 0 Å². The molecule has 0 aromatic heterocycles. The van der Waals surface area contributed by atoms with Crippen LogP contribution >= 0.6 is 12.6 Å². The van der Waals surface area contributed by atoms with Crippen molar-refractivity contribution in [2.45, 2.75) is 19.0 Å². The predicted octanol–water partition coefficient (Wildman–Crippen LogP) is 1.22. The molecule has 5 heteroatoms. The average Bonchev–Trinajstić information content (AvgIpc) is 2.33. The Morgan fingerprint density at radius 2 is 2.40 bits per heavy atom. The molecule has 0 aliphatic carbocycles. The van der Waals surface area contributed by atoms with Crippen LogP contribution in [0.4, 0.5) is 4.79 Å². The lowest BCUT2D eigenvalue weighted by atomic mass is 10.3. The van der Waals surface area contributed by atoms with Gasteiger partial charge in [0.15, 0.2) is 6.17 Å². The second-order valence-corrected chi connectivity index (χ2v) is 2.59. The van der Waals surface area contributed by atoms with Crippen LogP contribution in [0.2, 0.25) is 0 Å². The summed E-state index contributed by atoms with van der Waals surface area (Å²) in [6, 6.07) is 0. The van der Waals surface area contributed by atoms with E-state index >= 15 is 0 Å².